The van der Waals surface area contributed by atoms with Crippen LogP contribution in [0.5, 0.6) is 5.75 Å². The molecule has 0 amide bonds. The third kappa shape index (κ3) is 3.71. The predicted octanol–water partition coefficient (Wildman–Crippen LogP) is 1.84. The summed E-state index contributed by atoms with van der Waals surface area (Å²) in [6, 6.07) is 3.86. The van der Waals surface area contributed by atoms with Crippen LogP contribution in [0.4, 0.5) is 5.95 Å². The van der Waals surface area contributed by atoms with Crippen molar-refractivity contribution in [2.24, 2.45) is 0 Å². The van der Waals surface area contributed by atoms with Gasteiger partial charge in [-0.05, 0) is 38.4 Å². The minimum absolute atomic E-state index is 0.256. The van der Waals surface area contributed by atoms with E-state index in [0.29, 0.717) is 12.5 Å². The van der Waals surface area contributed by atoms with E-state index in [4.69, 9.17) is 4.74 Å². The number of hydrogen-bond donors (Lipinski definition) is 2. The summed E-state index contributed by atoms with van der Waals surface area (Å²) < 4.78 is 5.94. The molecule has 0 aliphatic carbocycles. The number of hydrogen-bond acceptors (Lipinski definition) is 6. The Kier molecular flexibility index (Phi) is 4.48. The van der Waals surface area contributed by atoms with Gasteiger partial charge in [-0.25, -0.2) is 9.97 Å². The van der Waals surface area contributed by atoms with Crippen LogP contribution in [0, 0.1) is 13.8 Å². The first kappa shape index (κ1) is 14.7. The maximum absolute atomic E-state index is 5.94. The van der Waals surface area contributed by atoms with Crippen LogP contribution in [0.2, 0.25) is 0 Å². The molecule has 1 aliphatic rings. The van der Waals surface area contributed by atoms with Gasteiger partial charge in [-0.1, -0.05) is 0 Å². The lowest BCUT2D eigenvalue weighted by molar-refractivity contribution is 0.222. The zero-order valence-electron chi connectivity index (χ0n) is 13.0. The second kappa shape index (κ2) is 6.70. The van der Waals surface area contributed by atoms with Gasteiger partial charge >= 0.3 is 0 Å². The van der Waals surface area contributed by atoms with Gasteiger partial charge in [-0.15, -0.1) is 0 Å². The van der Waals surface area contributed by atoms with Crippen molar-refractivity contribution in [1.29, 1.82) is 0 Å². The molecule has 2 N–H and O–H groups in total. The number of nitrogens with zero attached hydrogens (tertiary/aromatic N) is 3. The van der Waals surface area contributed by atoms with Gasteiger partial charge in [0.15, 0.2) is 0 Å². The molecule has 1 saturated heterocycles. The number of rotatable bonds is 5. The molecule has 2 aromatic rings. The Labute approximate surface area is 130 Å². The fourth-order valence-electron chi connectivity index (χ4n) is 2.33. The van der Waals surface area contributed by atoms with E-state index in [1.165, 1.54) is 0 Å². The second-order valence-corrected chi connectivity index (χ2v) is 5.53. The van der Waals surface area contributed by atoms with Crippen molar-refractivity contribution >= 4 is 5.95 Å². The molecule has 1 aliphatic heterocycles. The molecular weight excluding hydrogens is 278 g/mol. The smallest absolute Gasteiger partial charge is 0.223 e. The summed E-state index contributed by atoms with van der Waals surface area (Å²) in [5, 5.41) is 6.49. The van der Waals surface area contributed by atoms with Crippen LogP contribution in [-0.4, -0.2) is 34.1 Å². The summed E-state index contributed by atoms with van der Waals surface area (Å²) in [6.07, 6.45) is 4.90. The summed E-state index contributed by atoms with van der Waals surface area (Å²) in [5.41, 5.74) is 2.98. The molecule has 22 heavy (non-hydrogen) atoms. The quantitative estimate of drug-likeness (QED) is 0.878. The van der Waals surface area contributed by atoms with Gasteiger partial charge in [-0.2, -0.15) is 0 Å². The zero-order valence-corrected chi connectivity index (χ0v) is 13.0. The Morgan fingerprint density at radius 1 is 1.36 bits per heavy atom. The molecule has 2 aromatic heterocycles. The van der Waals surface area contributed by atoms with Gasteiger partial charge in [0.05, 0.1) is 12.2 Å². The minimum Gasteiger partial charge on any atom is -0.489 e. The van der Waals surface area contributed by atoms with Gasteiger partial charge < -0.3 is 15.4 Å². The van der Waals surface area contributed by atoms with E-state index in [1.807, 2.05) is 32.2 Å². The van der Waals surface area contributed by atoms with Crippen molar-refractivity contribution in [2.45, 2.75) is 32.9 Å². The minimum atomic E-state index is 0.256. The fourth-order valence-corrected chi connectivity index (χ4v) is 2.33. The number of anilines is 1. The van der Waals surface area contributed by atoms with E-state index in [1.54, 1.807) is 6.20 Å². The molecule has 3 rings (SSSR count). The Balaban J connectivity index is 1.61. The molecule has 116 valence electrons. The van der Waals surface area contributed by atoms with Gasteiger partial charge in [0.1, 0.15) is 11.9 Å². The third-order valence-corrected chi connectivity index (χ3v) is 3.76. The fraction of sp³-hybridized carbons (Fsp3) is 0.438. The number of pyridine rings is 1. The average Bonchev–Trinajstić information content (AvgIpc) is 3.02. The topological polar surface area (TPSA) is 72.0 Å². The maximum Gasteiger partial charge on any atom is 0.223 e. The summed E-state index contributed by atoms with van der Waals surface area (Å²) >= 11 is 0. The molecule has 0 bridgehead atoms. The molecule has 6 heteroatoms. The maximum atomic E-state index is 5.94. The Morgan fingerprint density at radius 3 is 3.05 bits per heavy atom. The highest BCUT2D eigenvalue weighted by Crippen LogP contribution is 2.16. The van der Waals surface area contributed by atoms with Gasteiger partial charge in [0.25, 0.3) is 0 Å². The first-order chi connectivity index (χ1) is 10.7. The van der Waals surface area contributed by atoms with Crippen molar-refractivity contribution in [2.75, 3.05) is 18.4 Å². The van der Waals surface area contributed by atoms with Crippen molar-refractivity contribution in [3.8, 4) is 5.75 Å². The Hall–Kier alpha value is -2.21. The van der Waals surface area contributed by atoms with E-state index in [9.17, 15) is 0 Å². The lowest BCUT2D eigenvalue weighted by Crippen LogP contribution is -2.19. The van der Waals surface area contributed by atoms with Crippen LogP contribution in [-0.2, 0) is 6.54 Å². The Morgan fingerprint density at radius 2 is 2.27 bits per heavy atom. The van der Waals surface area contributed by atoms with Crippen LogP contribution in [0.15, 0.2) is 24.5 Å². The molecular formula is C16H21N5O. The van der Waals surface area contributed by atoms with Crippen LogP contribution in [0.1, 0.15) is 23.4 Å². The standard InChI is InChI=1S/C16H21N5O/c1-11-8-19-16(21-12(11)2)20-9-13-7-14(4-6-18-13)22-15-3-5-17-10-15/h4,6-8,15,17H,3,5,9-10H2,1-2H3,(H,19,20,21). The first-order valence-corrected chi connectivity index (χ1v) is 7.57. The summed E-state index contributed by atoms with van der Waals surface area (Å²) in [4.78, 5) is 13.0. The summed E-state index contributed by atoms with van der Waals surface area (Å²) in [5.74, 6) is 1.48. The average molecular weight is 299 g/mol. The van der Waals surface area contributed by atoms with Crippen LogP contribution >= 0.6 is 0 Å². The number of nitrogens with one attached hydrogen (secondary N) is 2. The molecule has 0 radical (unpaired) electrons. The van der Waals surface area contributed by atoms with Crippen molar-refractivity contribution < 1.29 is 4.74 Å². The van der Waals surface area contributed by atoms with Crippen molar-refractivity contribution in [3.63, 3.8) is 0 Å². The zero-order chi connectivity index (χ0) is 15.4. The highest BCUT2D eigenvalue weighted by atomic mass is 16.5. The molecule has 1 fully saturated rings. The van der Waals surface area contributed by atoms with Gasteiger partial charge in [0.2, 0.25) is 5.95 Å². The number of aryl methyl sites for hydroxylation is 2. The van der Waals surface area contributed by atoms with Crippen LogP contribution in [0.3, 0.4) is 0 Å². The summed E-state index contributed by atoms with van der Waals surface area (Å²) in [6.45, 7) is 6.48. The molecule has 0 saturated carbocycles. The largest absolute Gasteiger partial charge is 0.489 e. The first-order valence-electron chi connectivity index (χ1n) is 7.57. The third-order valence-electron chi connectivity index (χ3n) is 3.76. The van der Waals surface area contributed by atoms with E-state index in [0.717, 1.165) is 42.2 Å². The SMILES string of the molecule is Cc1cnc(NCc2cc(OC3CCNC3)ccn2)nc1C. The number of ether oxygens (including phenoxy) is 1. The summed E-state index contributed by atoms with van der Waals surface area (Å²) in [7, 11) is 0. The van der Waals surface area contributed by atoms with E-state index < -0.39 is 0 Å². The Bertz CT molecular complexity index is 640. The normalized spacial score (nSPS) is 17.5. The molecule has 6 nitrogen and oxygen atoms in total. The lowest BCUT2D eigenvalue weighted by Gasteiger charge is -2.13. The molecule has 1 atom stereocenters. The van der Waals surface area contributed by atoms with Gasteiger partial charge in [0, 0.05) is 30.7 Å². The van der Waals surface area contributed by atoms with E-state index in [-0.39, 0.29) is 6.10 Å². The molecule has 0 spiro atoms. The molecule has 0 aromatic carbocycles. The highest BCUT2D eigenvalue weighted by molar-refractivity contribution is 5.31. The second-order valence-electron chi connectivity index (χ2n) is 5.53. The predicted molar refractivity (Wildman–Crippen MR) is 85.0 cm³/mol. The highest BCUT2D eigenvalue weighted by Gasteiger charge is 2.15. The lowest BCUT2D eigenvalue weighted by atomic mass is 10.3. The number of aromatic nitrogens is 3. The van der Waals surface area contributed by atoms with Crippen molar-refractivity contribution in [3.05, 3.63) is 41.5 Å². The monoisotopic (exact) mass is 299 g/mol. The van der Waals surface area contributed by atoms with E-state index in [2.05, 4.69) is 25.6 Å². The molecule has 3 heterocycles. The van der Waals surface area contributed by atoms with E-state index >= 15 is 0 Å². The van der Waals surface area contributed by atoms with Crippen LogP contribution < -0.4 is 15.4 Å². The van der Waals surface area contributed by atoms with Gasteiger partial charge in [-0.3, -0.25) is 4.98 Å². The molecule has 1 unspecified atom stereocenters. The van der Waals surface area contributed by atoms with Crippen LogP contribution in [0.25, 0.3) is 0 Å². The van der Waals surface area contributed by atoms with Crippen molar-refractivity contribution in [1.82, 2.24) is 20.3 Å².